The van der Waals surface area contributed by atoms with Gasteiger partial charge in [0.2, 0.25) is 0 Å². The molecule has 0 heterocycles. The molecular formula is C9H14O2. The molecule has 0 aromatic rings. The lowest BCUT2D eigenvalue weighted by Gasteiger charge is -1.97. The van der Waals surface area contributed by atoms with Gasteiger partial charge in [-0.25, -0.2) is 0 Å². The first-order valence-corrected chi connectivity index (χ1v) is 3.95. The van der Waals surface area contributed by atoms with E-state index in [9.17, 15) is 9.59 Å². The zero-order valence-electron chi connectivity index (χ0n) is 7.26. The summed E-state index contributed by atoms with van der Waals surface area (Å²) in [6, 6.07) is 0. The molecule has 0 bridgehead atoms. The maximum atomic E-state index is 10.7. The molecular weight excluding hydrogens is 140 g/mol. The Balaban J connectivity index is 2.52. The van der Waals surface area contributed by atoms with Crippen LogP contribution in [0.25, 0.3) is 0 Å². The van der Waals surface area contributed by atoms with Gasteiger partial charge in [-0.05, 0) is 18.3 Å². The quantitative estimate of drug-likeness (QED) is 0.576. The predicted molar refractivity (Wildman–Crippen MR) is 42.1 cm³/mol. The largest absolute Gasteiger partial charge is 0.303 e. The smallest absolute Gasteiger partial charge is 0.130 e. The predicted octanol–water partition coefficient (Wildman–Crippen LogP) is 1.44. The van der Waals surface area contributed by atoms with Crippen molar-refractivity contribution >= 4 is 12.1 Å². The molecule has 2 atom stereocenters. The van der Waals surface area contributed by atoms with E-state index in [4.69, 9.17) is 0 Å². The Hall–Kier alpha value is -0.660. The van der Waals surface area contributed by atoms with Crippen molar-refractivity contribution in [2.24, 2.45) is 17.3 Å². The standard InChI is InChI=1S/C9H14O2/c1-6(11)4-7-8(5-10)9(7,2)3/h5,7-8H,4H2,1-3H3/t7-,8+/m1/s1. The second-order valence-electron chi connectivity index (χ2n) is 4.00. The Kier molecular flexibility index (Phi) is 1.87. The topological polar surface area (TPSA) is 34.1 Å². The lowest BCUT2D eigenvalue weighted by atomic mass is 10.1. The van der Waals surface area contributed by atoms with Gasteiger partial charge in [0.05, 0.1) is 0 Å². The molecule has 0 unspecified atom stereocenters. The highest BCUT2D eigenvalue weighted by Crippen LogP contribution is 2.58. The summed E-state index contributed by atoms with van der Waals surface area (Å²) in [7, 11) is 0. The second kappa shape index (κ2) is 2.43. The fraction of sp³-hybridized carbons (Fsp3) is 0.778. The monoisotopic (exact) mass is 154 g/mol. The fourth-order valence-electron chi connectivity index (χ4n) is 1.76. The molecule has 0 aromatic heterocycles. The van der Waals surface area contributed by atoms with Crippen LogP contribution in [0, 0.1) is 17.3 Å². The van der Waals surface area contributed by atoms with E-state index >= 15 is 0 Å². The van der Waals surface area contributed by atoms with Gasteiger partial charge in [0.1, 0.15) is 12.1 Å². The van der Waals surface area contributed by atoms with Gasteiger partial charge in [0.25, 0.3) is 0 Å². The maximum Gasteiger partial charge on any atom is 0.130 e. The molecule has 0 spiro atoms. The van der Waals surface area contributed by atoms with Gasteiger partial charge in [-0.1, -0.05) is 13.8 Å². The highest BCUT2D eigenvalue weighted by atomic mass is 16.1. The minimum Gasteiger partial charge on any atom is -0.303 e. The lowest BCUT2D eigenvalue weighted by molar-refractivity contribution is -0.117. The molecule has 2 nitrogen and oxygen atoms in total. The van der Waals surface area contributed by atoms with E-state index in [0.29, 0.717) is 12.3 Å². The summed E-state index contributed by atoms with van der Waals surface area (Å²) in [5.74, 6) is 0.608. The lowest BCUT2D eigenvalue weighted by Crippen LogP contribution is -1.96. The molecule has 0 radical (unpaired) electrons. The first-order valence-electron chi connectivity index (χ1n) is 3.95. The summed E-state index contributed by atoms with van der Waals surface area (Å²) in [6.45, 7) is 5.66. The highest BCUT2D eigenvalue weighted by molar-refractivity contribution is 5.77. The molecule has 11 heavy (non-hydrogen) atoms. The molecule has 1 rings (SSSR count). The number of hydrogen-bond donors (Lipinski definition) is 0. The number of carbonyl (C=O) groups is 2. The van der Waals surface area contributed by atoms with Gasteiger partial charge in [-0.2, -0.15) is 0 Å². The van der Waals surface area contributed by atoms with Gasteiger partial charge in [0.15, 0.2) is 0 Å². The fourth-order valence-corrected chi connectivity index (χ4v) is 1.76. The number of Topliss-reactive ketones (excluding diaryl/α,β-unsaturated/α-hetero) is 1. The number of carbonyl (C=O) groups excluding carboxylic acids is 2. The van der Waals surface area contributed by atoms with Crippen molar-refractivity contribution in [3.05, 3.63) is 0 Å². The van der Waals surface area contributed by atoms with E-state index < -0.39 is 0 Å². The van der Waals surface area contributed by atoms with Crippen molar-refractivity contribution in [1.82, 2.24) is 0 Å². The van der Waals surface area contributed by atoms with E-state index in [1.807, 2.05) is 13.8 Å². The van der Waals surface area contributed by atoms with Crippen LogP contribution in [0.15, 0.2) is 0 Å². The van der Waals surface area contributed by atoms with Crippen LogP contribution >= 0.6 is 0 Å². The third-order valence-corrected chi connectivity index (χ3v) is 2.79. The third-order valence-electron chi connectivity index (χ3n) is 2.79. The number of aldehydes is 1. The molecule has 1 saturated carbocycles. The highest BCUT2D eigenvalue weighted by Gasteiger charge is 2.57. The average Bonchev–Trinajstić information content (AvgIpc) is 2.33. The molecule has 1 aliphatic rings. The minimum absolute atomic E-state index is 0.0768. The molecule has 1 fully saturated rings. The van der Waals surface area contributed by atoms with Gasteiger partial charge in [-0.15, -0.1) is 0 Å². The van der Waals surface area contributed by atoms with Gasteiger partial charge in [-0.3, -0.25) is 0 Å². The summed E-state index contributed by atoms with van der Waals surface area (Å²) >= 11 is 0. The van der Waals surface area contributed by atoms with Crippen LogP contribution in [0.2, 0.25) is 0 Å². The van der Waals surface area contributed by atoms with Crippen LogP contribution in [0.1, 0.15) is 27.2 Å². The normalized spacial score (nSPS) is 33.0. The molecule has 2 heteroatoms. The van der Waals surface area contributed by atoms with E-state index in [0.717, 1.165) is 6.29 Å². The third kappa shape index (κ3) is 1.35. The summed E-state index contributed by atoms with van der Waals surface area (Å²) in [4.78, 5) is 21.2. The number of ketones is 1. The Morgan fingerprint density at radius 3 is 2.36 bits per heavy atom. The van der Waals surface area contributed by atoms with E-state index in [2.05, 4.69) is 0 Å². The van der Waals surface area contributed by atoms with Crippen molar-refractivity contribution in [2.45, 2.75) is 27.2 Å². The molecule has 0 saturated heterocycles. The van der Waals surface area contributed by atoms with Crippen LogP contribution in [0.4, 0.5) is 0 Å². The van der Waals surface area contributed by atoms with E-state index in [1.165, 1.54) is 0 Å². The minimum atomic E-state index is 0.0768. The van der Waals surface area contributed by atoms with Crippen molar-refractivity contribution in [3.63, 3.8) is 0 Å². The zero-order valence-corrected chi connectivity index (χ0v) is 7.26. The average molecular weight is 154 g/mol. The SMILES string of the molecule is CC(=O)C[C@@H]1[C@H](C=O)C1(C)C. The van der Waals surface area contributed by atoms with Crippen molar-refractivity contribution < 1.29 is 9.59 Å². The van der Waals surface area contributed by atoms with Crippen molar-refractivity contribution in [1.29, 1.82) is 0 Å². The van der Waals surface area contributed by atoms with Crippen LogP contribution in [0.5, 0.6) is 0 Å². The van der Waals surface area contributed by atoms with Gasteiger partial charge < -0.3 is 9.59 Å². The molecule has 0 N–H and O–H groups in total. The molecule has 62 valence electrons. The number of rotatable bonds is 3. The summed E-state index contributed by atoms with van der Waals surface area (Å²) in [5.41, 5.74) is 0.0768. The number of hydrogen-bond acceptors (Lipinski definition) is 2. The summed E-state index contributed by atoms with van der Waals surface area (Å²) in [5, 5.41) is 0. The zero-order chi connectivity index (χ0) is 8.65. The first-order chi connectivity index (χ1) is 5.00. The van der Waals surface area contributed by atoms with Crippen molar-refractivity contribution in [2.75, 3.05) is 0 Å². The second-order valence-corrected chi connectivity index (χ2v) is 4.00. The van der Waals surface area contributed by atoms with E-state index in [1.54, 1.807) is 6.92 Å². The van der Waals surface area contributed by atoms with Crippen molar-refractivity contribution in [3.8, 4) is 0 Å². The van der Waals surface area contributed by atoms with Gasteiger partial charge in [0, 0.05) is 12.3 Å². The molecule has 0 amide bonds. The van der Waals surface area contributed by atoms with E-state index in [-0.39, 0.29) is 17.1 Å². The summed E-state index contributed by atoms with van der Waals surface area (Å²) in [6.07, 6.45) is 1.55. The van der Waals surface area contributed by atoms with Crippen LogP contribution in [-0.4, -0.2) is 12.1 Å². The van der Waals surface area contributed by atoms with Crippen LogP contribution in [0.3, 0.4) is 0 Å². The van der Waals surface area contributed by atoms with Crippen LogP contribution < -0.4 is 0 Å². The Labute approximate surface area is 67.0 Å². The maximum absolute atomic E-state index is 10.7. The Morgan fingerprint density at radius 1 is 1.55 bits per heavy atom. The molecule has 1 aliphatic carbocycles. The molecule has 0 aliphatic heterocycles. The van der Waals surface area contributed by atoms with Crippen LogP contribution in [-0.2, 0) is 9.59 Å². The molecule has 0 aromatic carbocycles. The van der Waals surface area contributed by atoms with Gasteiger partial charge >= 0.3 is 0 Å². The first kappa shape index (κ1) is 8.44. The summed E-state index contributed by atoms with van der Waals surface area (Å²) < 4.78 is 0. The Morgan fingerprint density at radius 2 is 2.09 bits per heavy atom. The Bertz CT molecular complexity index is 194.